The van der Waals surface area contributed by atoms with Crippen LogP contribution in [-0.4, -0.2) is 45.6 Å². The quantitative estimate of drug-likeness (QED) is 0.729. The number of nitrogens with zero attached hydrogens (tertiary/aromatic N) is 1. The van der Waals surface area contributed by atoms with E-state index in [1.165, 1.54) is 16.7 Å². The summed E-state index contributed by atoms with van der Waals surface area (Å²) in [5, 5.41) is 9.11. The first-order valence-corrected chi connectivity index (χ1v) is 7.63. The van der Waals surface area contributed by atoms with Crippen LogP contribution in [0.2, 0.25) is 0 Å². The molecule has 0 radical (unpaired) electrons. The maximum Gasteiger partial charge on any atom is 0.327 e. The molecule has 1 aliphatic carbocycles. The lowest BCUT2D eigenvalue weighted by Gasteiger charge is -2.28. The summed E-state index contributed by atoms with van der Waals surface area (Å²) < 4.78 is 0. The number of nitrogens with two attached hydrogens (primary N) is 1. The van der Waals surface area contributed by atoms with Gasteiger partial charge in [0.15, 0.2) is 0 Å². The highest BCUT2D eigenvalue weighted by molar-refractivity contribution is 7.99. The van der Waals surface area contributed by atoms with Crippen LogP contribution in [0, 0.1) is 5.92 Å². The molecule has 2 rings (SSSR count). The van der Waals surface area contributed by atoms with Crippen molar-refractivity contribution in [3.63, 3.8) is 0 Å². The second-order valence-corrected chi connectivity index (χ2v) is 6.07. The van der Waals surface area contributed by atoms with Crippen LogP contribution < -0.4 is 5.73 Å². The van der Waals surface area contributed by atoms with Gasteiger partial charge < -0.3 is 15.7 Å². The minimum Gasteiger partial charge on any atom is -0.480 e. The molecule has 1 saturated heterocycles. The Bertz CT molecular complexity index is 337. The van der Waals surface area contributed by atoms with Crippen molar-refractivity contribution in [2.24, 2.45) is 11.7 Å². The molecule has 2 unspecified atom stereocenters. The van der Waals surface area contributed by atoms with Crippen LogP contribution in [-0.2, 0) is 9.59 Å². The fraction of sp³-hybridized carbons (Fsp3) is 0.833. The van der Waals surface area contributed by atoms with E-state index in [0.717, 1.165) is 32.1 Å². The minimum atomic E-state index is -0.907. The van der Waals surface area contributed by atoms with Gasteiger partial charge in [-0.15, -0.1) is 11.8 Å². The Labute approximate surface area is 111 Å². The molecule has 1 aliphatic heterocycles. The summed E-state index contributed by atoms with van der Waals surface area (Å²) in [5.74, 6) is -0.174. The van der Waals surface area contributed by atoms with Crippen LogP contribution in [0.15, 0.2) is 0 Å². The monoisotopic (exact) mass is 272 g/mol. The fourth-order valence-electron chi connectivity index (χ4n) is 2.72. The van der Waals surface area contributed by atoms with Gasteiger partial charge in [0, 0.05) is 11.8 Å². The summed E-state index contributed by atoms with van der Waals surface area (Å²) in [6, 6.07) is -0.780. The summed E-state index contributed by atoms with van der Waals surface area (Å²) in [6.07, 6.45) is 4.88. The molecule has 2 aliphatic rings. The van der Waals surface area contributed by atoms with E-state index in [4.69, 9.17) is 10.8 Å². The first-order chi connectivity index (χ1) is 8.61. The highest BCUT2D eigenvalue weighted by Gasteiger charge is 2.39. The highest BCUT2D eigenvalue weighted by Crippen LogP contribution is 2.28. The van der Waals surface area contributed by atoms with Gasteiger partial charge in [0.25, 0.3) is 0 Å². The molecule has 1 heterocycles. The lowest BCUT2D eigenvalue weighted by atomic mass is 9.93. The molecule has 3 N–H and O–H groups in total. The van der Waals surface area contributed by atoms with E-state index in [1.807, 2.05) is 0 Å². The number of aliphatic carboxylic acids is 1. The third-order valence-electron chi connectivity index (χ3n) is 3.84. The molecule has 5 nitrogen and oxygen atoms in total. The van der Waals surface area contributed by atoms with Crippen molar-refractivity contribution in [3.05, 3.63) is 0 Å². The molecule has 3 atom stereocenters. The van der Waals surface area contributed by atoms with Gasteiger partial charge in [-0.3, -0.25) is 4.79 Å². The number of hydrogen-bond donors (Lipinski definition) is 2. The second-order valence-electron chi connectivity index (χ2n) is 5.07. The molecule has 6 heteroatoms. The normalized spacial score (nSPS) is 33.2. The van der Waals surface area contributed by atoms with E-state index in [0.29, 0.717) is 11.6 Å². The van der Waals surface area contributed by atoms with Gasteiger partial charge in [-0.2, -0.15) is 0 Å². The summed E-state index contributed by atoms with van der Waals surface area (Å²) in [5.41, 5.74) is 6.07. The van der Waals surface area contributed by atoms with Crippen molar-refractivity contribution in [1.82, 2.24) is 4.90 Å². The van der Waals surface area contributed by atoms with Crippen molar-refractivity contribution in [2.45, 2.75) is 44.2 Å². The van der Waals surface area contributed by atoms with Crippen LogP contribution in [0.5, 0.6) is 0 Å². The maximum atomic E-state index is 12.4. The predicted molar refractivity (Wildman–Crippen MR) is 70.1 cm³/mol. The van der Waals surface area contributed by atoms with E-state index in [-0.39, 0.29) is 17.9 Å². The minimum absolute atomic E-state index is 0.0539. The first-order valence-electron chi connectivity index (χ1n) is 6.48. The SMILES string of the molecule is NC1CCCCCC1C(=O)N1CSC[C@H]1C(=O)O. The lowest BCUT2D eigenvalue weighted by molar-refractivity contribution is -0.149. The molecule has 0 spiro atoms. The number of carbonyl (C=O) groups is 2. The lowest BCUT2D eigenvalue weighted by Crippen LogP contribution is -2.48. The van der Waals surface area contributed by atoms with Crippen LogP contribution in [0.3, 0.4) is 0 Å². The molecule has 0 aromatic rings. The summed E-state index contributed by atoms with van der Waals surface area (Å²) in [7, 11) is 0. The van der Waals surface area contributed by atoms with Crippen molar-refractivity contribution in [1.29, 1.82) is 0 Å². The van der Waals surface area contributed by atoms with E-state index in [1.54, 1.807) is 0 Å². The third-order valence-corrected chi connectivity index (χ3v) is 4.85. The van der Waals surface area contributed by atoms with Gasteiger partial charge in [-0.1, -0.05) is 19.3 Å². The number of amides is 1. The molecule has 1 saturated carbocycles. The standard InChI is InChI=1S/C12H20N2O3S/c13-9-5-3-1-2-4-8(9)11(15)14-7-18-6-10(14)12(16)17/h8-10H,1-7,13H2,(H,16,17)/t8?,9?,10-/m0/s1. The molecule has 0 aromatic heterocycles. The number of carbonyl (C=O) groups excluding carboxylic acids is 1. The average molecular weight is 272 g/mol. The van der Waals surface area contributed by atoms with Gasteiger partial charge in [-0.05, 0) is 12.8 Å². The largest absolute Gasteiger partial charge is 0.480 e. The summed E-state index contributed by atoms with van der Waals surface area (Å²) in [6.45, 7) is 0. The molecule has 1 amide bonds. The van der Waals surface area contributed by atoms with Gasteiger partial charge in [0.2, 0.25) is 5.91 Å². The Morgan fingerprint density at radius 1 is 1.22 bits per heavy atom. The van der Waals surface area contributed by atoms with Crippen LogP contribution in [0.1, 0.15) is 32.1 Å². The van der Waals surface area contributed by atoms with E-state index in [9.17, 15) is 9.59 Å². The molecular formula is C12H20N2O3S. The molecule has 0 bridgehead atoms. The first kappa shape index (κ1) is 13.7. The van der Waals surface area contributed by atoms with E-state index >= 15 is 0 Å². The van der Waals surface area contributed by atoms with E-state index in [2.05, 4.69) is 0 Å². The molecule has 2 fully saturated rings. The van der Waals surface area contributed by atoms with Crippen LogP contribution in [0.25, 0.3) is 0 Å². The van der Waals surface area contributed by atoms with Gasteiger partial charge in [0.05, 0.1) is 11.8 Å². The number of carboxylic acids is 1. The Balaban J connectivity index is 2.07. The Morgan fingerprint density at radius 2 is 1.94 bits per heavy atom. The molecular weight excluding hydrogens is 252 g/mol. The van der Waals surface area contributed by atoms with Crippen molar-refractivity contribution in [3.8, 4) is 0 Å². The zero-order chi connectivity index (χ0) is 13.1. The predicted octanol–water partition coefficient (Wildman–Crippen LogP) is 0.880. The van der Waals surface area contributed by atoms with Crippen LogP contribution in [0.4, 0.5) is 0 Å². The van der Waals surface area contributed by atoms with Crippen LogP contribution >= 0.6 is 11.8 Å². The van der Waals surface area contributed by atoms with Crippen molar-refractivity contribution >= 4 is 23.6 Å². The van der Waals surface area contributed by atoms with Gasteiger partial charge in [-0.25, -0.2) is 4.79 Å². The molecule has 102 valence electrons. The average Bonchev–Trinajstić information content (AvgIpc) is 2.72. The van der Waals surface area contributed by atoms with Gasteiger partial charge >= 0.3 is 5.97 Å². The zero-order valence-electron chi connectivity index (χ0n) is 10.4. The van der Waals surface area contributed by atoms with Gasteiger partial charge in [0.1, 0.15) is 6.04 Å². The Kier molecular flexibility index (Phi) is 4.50. The smallest absolute Gasteiger partial charge is 0.327 e. The number of carboxylic acid groups (broad SMARTS) is 1. The fourth-order valence-corrected chi connectivity index (χ4v) is 3.88. The summed E-state index contributed by atoms with van der Waals surface area (Å²) in [4.78, 5) is 25.1. The van der Waals surface area contributed by atoms with E-state index < -0.39 is 12.0 Å². The number of hydrogen-bond acceptors (Lipinski definition) is 4. The summed E-state index contributed by atoms with van der Waals surface area (Å²) >= 11 is 1.50. The number of thioether (sulfide) groups is 1. The molecule has 0 aromatic carbocycles. The number of rotatable bonds is 2. The maximum absolute atomic E-state index is 12.4. The van der Waals surface area contributed by atoms with Crippen molar-refractivity contribution in [2.75, 3.05) is 11.6 Å². The Morgan fingerprint density at radius 3 is 2.67 bits per heavy atom. The van der Waals surface area contributed by atoms with Crippen molar-refractivity contribution < 1.29 is 14.7 Å². The topological polar surface area (TPSA) is 83.6 Å². The zero-order valence-corrected chi connectivity index (χ0v) is 11.2. The Hall–Kier alpha value is -0.750. The highest BCUT2D eigenvalue weighted by atomic mass is 32.2. The second kappa shape index (κ2) is 5.93. The molecule has 18 heavy (non-hydrogen) atoms. The third kappa shape index (κ3) is 2.80.